The summed E-state index contributed by atoms with van der Waals surface area (Å²) in [5, 5.41) is 3.82. The summed E-state index contributed by atoms with van der Waals surface area (Å²) >= 11 is 0. The molecule has 2 aromatic rings. The molecule has 2 unspecified atom stereocenters. The number of halogens is 1. The van der Waals surface area contributed by atoms with E-state index in [1.54, 1.807) is 12.1 Å². The van der Waals surface area contributed by atoms with Crippen LogP contribution in [0.2, 0.25) is 0 Å². The Labute approximate surface area is 161 Å². The van der Waals surface area contributed by atoms with Gasteiger partial charge in [-0.25, -0.2) is 4.39 Å². The Morgan fingerprint density at radius 1 is 1.04 bits per heavy atom. The number of benzene rings is 2. The summed E-state index contributed by atoms with van der Waals surface area (Å²) in [6, 6.07) is 16.8. The predicted molar refractivity (Wildman–Crippen MR) is 107 cm³/mol. The molecule has 2 aliphatic rings. The van der Waals surface area contributed by atoms with Crippen molar-refractivity contribution >= 4 is 0 Å². The third kappa shape index (κ3) is 5.08. The molecule has 0 aliphatic heterocycles. The van der Waals surface area contributed by atoms with E-state index >= 15 is 0 Å². The van der Waals surface area contributed by atoms with Crippen LogP contribution in [0, 0.1) is 5.82 Å². The Kier molecular flexibility index (Phi) is 5.74. The lowest BCUT2D eigenvalue weighted by Gasteiger charge is -2.27. The molecule has 0 bridgehead atoms. The van der Waals surface area contributed by atoms with Crippen molar-refractivity contribution in [2.75, 3.05) is 6.61 Å². The van der Waals surface area contributed by atoms with Crippen molar-refractivity contribution in [2.45, 2.75) is 62.6 Å². The molecular weight excluding hydrogens is 339 g/mol. The number of ether oxygens (including phenoxy) is 1. The molecule has 2 atom stereocenters. The summed E-state index contributed by atoms with van der Waals surface area (Å²) in [5.41, 5.74) is 8.34. The Morgan fingerprint density at radius 3 is 2.56 bits per heavy atom. The monoisotopic (exact) mass is 368 g/mol. The molecule has 2 fully saturated rings. The van der Waals surface area contributed by atoms with Gasteiger partial charge in [-0.2, -0.15) is 0 Å². The fraction of sp³-hybridized carbons (Fsp3) is 0.478. The van der Waals surface area contributed by atoms with Crippen molar-refractivity contribution in [3.05, 3.63) is 65.5 Å². The Balaban J connectivity index is 1.21. The van der Waals surface area contributed by atoms with E-state index in [2.05, 4.69) is 29.6 Å². The van der Waals surface area contributed by atoms with E-state index in [1.807, 2.05) is 6.07 Å². The first-order valence-electron chi connectivity index (χ1n) is 10.2. The highest BCUT2D eigenvalue weighted by Gasteiger charge is 2.39. The van der Waals surface area contributed by atoms with Crippen LogP contribution in [0.15, 0.2) is 48.5 Å². The van der Waals surface area contributed by atoms with Gasteiger partial charge in [0.25, 0.3) is 0 Å². The summed E-state index contributed by atoms with van der Waals surface area (Å²) in [4.78, 5) is 0. The normalized spacial score (nSPS) is 27.3. The van der Waals surface area contributed by atoms with Gasteiger partial charge in [0.15, 0.2) is 0 Å². The smallest absolute Gasteiger partial charge is 0.123 e. The highest BCUT2D eigenvalue weighted by molar-refractivity contribution is 5.34. The summed E-state index contributed by atoms with van der Waals surface area (Å²) in [6.45, 7) is 0.556. The second kappa shape index (κ2) is 8.41. The first-order valence-corrected chi connectivity index (χ1v) is 10.2. The zero-order valence-electron chi connectivity index (χ0n) is 15.7. The van der Waals surface area contributed by atoms with Crippen LogP contribution in [0.5, 0.6) is 5.75 Å². The van der Waals surface area contributed by atoms with Crippen molar-refractivity contribution in [1.82, 2.24) is 5.32 Å². The minimum atomic E-state index is -0.194. The summed E-state index contributed by atoms with van der Waals surface area (Å²) in [6.07, 6.45) is 6.65. The Hall–Kier alpha value is -1.91. The van der Waals surface area contributed by atoms with Crippen molar-refractivity contribution in [1.29, 1.82) is 0 Å². The van der Waals surface area contributed by atoms with Gasteiger partial charge in [-0.15, -0.1) is 0 Å². The molecule has 0 saturated heterocycles. The average Bonchev–Trinajstić information content (AvgIpc) is 3.43. The zero-order chi connectivity index (χ0) is 18.6. The van der Waals surface area contributed by atoms with Crippen LogP contribution in [-0.2, 0) is 6.42 Å². The Bertz CT molecular complexity index is 740. The number of hydrogen-bond donors (Lipinski definition) is 2. The largest absolute Gasteiger partial charge is 0.493 e. The van der Waals surface area contributed by atoms with Crippen LogP contribution in [0.4, 0.5) is 4.39 Å². The van der Waals surface area contributed by atoms with Crippen LogP contribution < -0.4 is 15.8 Å². The molecule has 27 heavy (non-hydrogen) atoms. The van der Waals surface area contributed by atoms with E-state index in [9.17, 15) is 4.39 Å². The van der Waals surface area contributed by atoms with E-state index in [4.69, 9.17) is 10.5 Å². The molecule has 2 aromatic carbocycles. The minimum Gasteiger partial charge on any atom is -0.493 e. The lowest BCUT2D eigenvalue weighted by Crippen LogP contribution is -2.38. The number of nitrogens with two attached hydrogens (primary N) is 1. The van der Waals surface area contributed by atoms with Gasteiger partial charge in [-0.1, -0.05) is 24.3 Å². The molecule has 0 radical (unpaired) electrons. The molecule has 3 N–H and O–H groups in total. The average molecular weight is 368 g/mol. The van der Waals surface area contributed by atoms with Crippen molar-refractivity contribution < 1.29 is 9.13 Å². The molecule has 0 aromatic heterocycles. The number of nitrogens with one attached hydrogen (secondary N) is 1. The molecule has 4 rings (SSSR count). The van der Waals surface area contributed by atoms with Crippen molar-refractivity contribution in [3.63, 3.8) is 0 Å². The van der Waals surface area contributed by atoms with Crippen LogP contribution >= 0.6 is 0 Å². The van der Waals surface area contributed by atoms with Gasteiger partial charge in [-0.3, -0.25) is 0 Å². The van der Waals surface area contributed by atoms with Crippen molar-refractivity contribution in [3.8, 4) is 5.75 Å². The van der Waals surface area contributed by atoms with Gasteiger partial charge in [0.1, 0.15) is 11.6 Å². The molecule has 2 aliphatic carbocycles. The third-order valence-corrected chi connectivity index (χ3v) is 5.87. The second-order valence-corrected chi connectivity index (χ2v) is 8.02. The first-order chi connectivity index (χ1) is 13.2. The summed E-state index contributed by atoms with van der Waals surface area (Å²) < 4.78 is 19.0. The topological polar surface area (TPSA) is 47.3 Å². The molecule has 4 heteroatoms. The van der Waals surface area contributed by atoms with E-state index in [1.165, 1.54) is 30.9 Å². The van der Waals surface area contributed by atoms with Crippen molar-refractivity contribution in [2.24, 2.45) is 5.73 Å². The van der Waals surface area contributed by atoms with E-state index in [-0.39, 0.29) is 5.82 Å². The standard InChI is InChI=1S/C23H29FN2O/c24-18-3-1-2-16(14-18)12-13-27-21-10-4-17(5-11-21)22-15-23(22)26-20-8-6-19(25)7-9-20/h1-5,10-11,14,19-20,22-23,26H,6-9,12-13,15,25H2. The number of hydrogen-bond acceptors (Lipinski definition) is 3. The maximum Gasteiger partial charge on any atom is 0.123 e. The van der Waals surface area contributed by atoms with Gasteiger partial charge >= 0.3 is 0 Å². The van der Waals surface area contributed by atoms with Gasteiger partial charge < -0.3 is 15.8 Å². The number of rotatable bonds is 7. The van der Waals surface area contributed by atoms with Gasteiger partial charge in [0.05, 0.1) is 6.61 Å². The minimum absolute atomic E-state index is 0.194. The quantitative estimate of drug-likeness (QED) is 0.771. The summed E-state index contributed by atoms with van der Waals surface area (Å²) in [7, 11) is 0. The Morgan fingerprint density at radius 2 is 1.81 bits per heavy atom. The lowest BCUT2D eigenvalue weighted by atomic mass is 9.92. The van der Waals surface area contributed by atoms with Crippen LogP contribution in [0.3, 0.4) is 0 Å². The molecule has 0 amide bonds. The first kappa shape index (κ1) is 18.5. The molecule has 0 spiro atoms. The second-order valence-electron chi connectivity index (χ2n) is 8.02. The SMILES string of the molecule is NC1CCC(NC2CC2c2ccc(OCCc3cccc(F)c3)cc2)CC1. The summed E-state index contributed by atoms with van der Waals surface area (Å²) in [5.74, 6) is 1.31. The van der Waals surface area contributed by atoms with Crippen LogP contribution in [0.1, 0.15) is 49.1 Å². The van der Waals surface area contributed by atoms with E-state index < -0.39 is 0 Å². The van der Waals surface area contributed by atoms with Crippen LogP contribution in [0.25, 0.3) is 0 Å². The van der Waals surface area contributed by atoms with Gasteiger partial charge in [-0.05, 0) is 67.5 Å². The maximum atomic E-state index is 13.2. The highest BCUT2D eigenvalue weighted by Crippen LogP contribution is 2.42. The predicted octanol–water partition coefficient (Wildman–Crippen LogP) is 4.16. The van der Waals surface area contributed by atoms with E-state index in [0.717, 1.165) is 24.2 Å². The van der Waals surface area contributed by atoms with Gasteiger partial charge in [0.2, 0.25) is 0 Å². The molecule has 144 valence electrons. The van der Waals surface area contributed by atoms with Gasteiger partial charge in [0, 0.05) is 30.5 Å². The fourth-order valence-electron chi connectivity index (χ4n) is 4.13. The fourth-order valence-corrected chi connectivity index (χ4v) is 4.13. The maximum absolute atomic E-state index is 13.2. The molecule has 2 saturated carbocycles. The molecular formula is C23H29FN2O. The highest BCUT2D eigenvalue weighted by atomic mass is 19.1. The lowest BCUT2D eigenvalue weighted by molar-refractivity contribution is 0.321. The van der Waals surface area contributed by atoms with Crippen LogP contribution in [-0.4, -0.2) is 24.7 Å². The van der Waals surface area contributed by atoms with E-state index in [0.29, 0.717) is 37.1 Å². The molecule has 3 nitrogen and oxygen atoms in total. The molecule has 0 heterocycles. The third-order valence-electron chi connectivity index (χ3n) is 5.87. The zero-order valence-corrected chi connectivity index (χ0v) is 15.7.